The molecule has 0 aromatic heterocycles. The quantitative estimate of drug-likeness (QED) is 0.304. The molecular formula is C5H10O5. The maximum absolute atomic E-state index is 8.88. The summed E-state index contributed by atoms with van der Waals surface area (Å²) in [6, 6.07) is 0. The van der Waals surface area contributed by atoms with E-state index in [1.165, 1.54) is 0 Å². The van der Waals surface area contributed by atoms with Crippen molar-refractivity contribution < 1.29 is 25.2 Å². The first-order chi connectivity index (χ1) is 4.63. The van der Waals surface area contributed by atoms with Gasteiger partial charge in [-0.3, -0.25) is 0 Å². The maximum Gasteiger partial charge on any atom is 0.183 e. The number of hydrogen-bond acceptors (Lipinski definition) is 5. The Hall–Kier alpha value is -0.200. The van der Waals surface area contributed by atoms with Gasteiger partial charge in [0, 0.05) is 0 Å². The lowest BCUT2D eigenvalue weighted by atomic mass is 10.1. The summed E-state index contributed by atoms with van der Waals surface area (Å²) in [6.45, 7) is -0.153. The molecule has 0 aromatic rings. The smallest absolute Gasteiger partial charge is 0.183 e. The lowest BCUT2D eigenvalue weighted by Gasteiger charge is -2.31. The van der Waals surface area contributed by atoms with Crippen LogP contribution in [0.3, 0.4) is 0 Å². The fourth-order valence-electron chi connectivity index (χ4n) is 0.791. The number of hydrogen-bond donors (Lipinski definition) is 4. The summed E-state index contributed by atoms with van der Waals surface area (Å²) >= 11 is 0. The van der Waals surface area contributed by atoms with Gasteiger partial charge in [0.25, 0.3) is 0 Å². The molecule has 0 saturated carbocycles. The van der Waals surface area contributed by atoms with E-state index >= 15 is 0 Å². The van der Waals surface area contributed by atoms with Crippen LogP contribution in [0.1, 0.15) is 0 Å². The van der Waals surface area contributed by atoms with E-state index < -0.39 is 24.6 Å². The zero-order valence-electron chi connectivity index (χ0n) is 5.21. The molecule has 0 radical (unpaired) electrons. The molecule has 10 heavy (non-hydrogen) atoms. The van der Waals surface area contributed by atoms with Crippen molar-refractivity contribution in [1.29, 1.82) is 0 Å². The highest BCUT2D eigenvalue weighted by atomic mass is 16.6. The highest BCUT2D eigenvalue weighted by Gasteiger charge is 2.36. The van der Waals surface area contributed by atoms with Gasteiger partial charge in [-0.1, -0.05) is 0 Å². The summed E-state index contributed by atoms with van der Waals surface area (Å²) in [5, 5.41) is 35.3. The Balaban J connectivity index is 2.52. The normalized spacial score (nSPS) is 49.2. The third kappa shape index (κ3) is 1.28. The molecular weight excluding hydrogens is 140 g/mol. The van der Waals surface area contributed by atoms with Crippen LogP contribution in [0, 0.1) is 0 Å². The van der Waals surface area contributed by atoms with Crippen molar-refractivity contribution in [3.05, 3.63) is 0 Å². The van der Waals surface area contributed by atoms with E-state index in [9.17, 15) is 0 Å². The van der Waals surface area contributed by atoms with Crippen molar-refractivity contribution in [1.82, 2.24) is 0 Å². The third-order valence-corrected chi connectivity index (χ3v) is 1.47. The third-order valence-electron chi connectivity index (χ3n) is 1.47. The van der Waals surface area contributed by atoms with Crippen LogP contribution in [-0.2, 0) is 4.74 Å². The Morgan fingerprint density at radius 3 is 2.10 bits per heavy atom. The molecule has 0 spiro atoms. The molecule has 1 heterocycles. The van der Waals surface area contributed by atoms with Gasteiger partial charge in [-0.15, -0.1) is 0 Å². The minimum Gasteiger partial charge on any atom is -0.388 e. The van der Waals surface area contributed by atoms with Gasteiger partial charge in [-0.05, 0) is 0 Å². The van der Waals surface area contributed by atoms with Crippen LogP contribution in [0.25, 0.3) is 0 Å². The maximum atomic E-state index is 8.88. The van der Waals surface area contributed by atoms with Crippen molar-refractivity contribution in [2.75, 3.05) is 6.61 Å². The first kappa shape index (κ1) is 7.90. The summed E-state index contributed by atoms with van der Waals surface area (Å²) in [7, 11) is 0. The van der Waals surface area contributed by atoms with E-state index in [1.54, 1.807) is 0 Å². The zero-order valence-corrected chi connectivity index (χ0v) is 5.21. The van der Waals surface area contributed by atoms with Gasteiger partial charge in [0.05, 0.1) is 6.61 Å². The molecule has 0 amide bonds. The molecule has 1 fully saturated rings. The van der Waals surface area contributed by atoms with Crippen LogP contribution in [0.5, 0.6) is 0 Å². The summed E-state index contributed by atoms with van der Waals surface area (Å²) in [5.41, 5.74) is 0. The Morgan fingerprint density at radius 1 is 1.00 bits per heavy atom. The zero-order chi connectivity index (χ0) is 7.72. The van der Waals surface area contributed by atoms with Gasteiger partial charge < -0.3 is 25.2 Å². The van der Waals surface area contributed by atoms with Crippen molar-refractivity contribution in [2.45, 2.75) is 24.6 Å². The number of aliphatic hydroxyl groups is 4. The summed E-state index contributed by atoms with van der Waals surface area (Å²) in [4.78, 5) is 0. The van der Waals surface area contributed by atoms with Crippen molar-refractivity contribution in [2.24, 2.45) is 0 Å². The predicted molar refractivity (Wildman–Crippen MR) is 30.0 cm³/mol. The SMILES string of the molecule is O[C@H]1[C@H](O)[C@@H](O)OC[C@H]1O. The highest BCUT2D eigenvalue weighted by molar-refractivity contribution is 4.81. The molecule has 1 saturated heterocycles. The highest BCUT2D eigenvalue weighted by Crippen LogP contribution is 2.12. The van der Waals surface area contributed by atoms with Crippen LogP contribution < -0.4 is 0 Å². The first-order valence-electron chi connectivity index (χ1n) is 2.97. The van der Waals surface area contributed by atoms with Crippen molar-refractivity contribution in [3.8, 4) is 0 Å². The van der Waals surface area contributed by atoms with Crippen molar-refractivity contribution >= 4 is 0 Å². The van der Waals surface area contributed by atoms with Gasteiger partial charge in [-0.25, -0.2) is 0 Å². The van der Waals surface area contributed by atoms with Crippen LogP contribution in [0.4, 0.5) is 0 Å². The minimum atomic E-state index is -1.41. The molecule has 1 aliphatic heterocycles. The lowest BCUT2D eigenvalue weighted by molar-refractivity contribution is -0.252. The van der Waals surface area contributed by atoms with Gasteiger partial charge in [0.15, 0.2) is 6.29 Å². The Morgan fingerprint density at radius 2 is 1.60 bits per heavy atom. The summed E-state index contributed by atoms with van der Waals surface area (Å²) in [6.07, 6.45) is -5.23. The average Bonchev–Trinajstić information content (AvgIpc) is 1.93. The second kappa shape index (κ2) is 2.81. The Kier molecular flexibility index (Phi) is 2.22. The van der Waals surface area contributed by atoms with Crippen LogP contribution in [0.15, 0.2) is 0 Å². The van der Waals surface area contributed by atoms with Crippen LogP contribution in [-0.4, -0.2) is 51.6 Å². The molecule has 5 heteroatoms. The van der Waals surface area contributed by atoms with Gasteiger partial charge in [0.2, 0.25) is 0 Å². The second-order valence-corrected chi connectivity index (χ2v) is 2.27. The van der Waals surface area contributed by atoms with E-state index in [0.29, 0.717) is 0 Å². The molecule has 0 aliphatic carbocycles. The molecule has 5 nitrogen and oxygen atoms in total. The van der Waals surface area contributed by atoms with Crippen LogP contribution in [0.2, 0.25) is 0 Å². The van der Waals surface area contributed by atoms with Gasteiger partial charge >= 0.3 is 0 Å². The summed E-state index contributed by atoms with van der Waals surface area (Å²) in [5.74, 6) is 0. The standard InChI is InChI=1S/C5H10O5/c6-2-1-10-5(9)4(8)3(2)7/h2-9H,1H2/t2-,3-,4+,5+/m1/s1. The molecule has 0 aromatic carbocycles. The first-order valence-corrected chi connectivity index (χ1v) is 2.97. The molecule has 4 N–H and O–H groups in total. The van der Waals surface area contributed by atoms with E-state index in [4.69, 9.17) is 20.4 Å². The average molecular weight is 150 g/mol. The summed E-state index contributed by atoms with van der Waals surface area (Å²) < 4.78 is 4.47. The van der Waals surface area contributed by atoms with E-state index in [2.05, 4.69) is 4.74 Å². The second-order valence-electron chi connectivity index (χ2n) is 2.27. The van der Waals surface area contributed by atoms with Crippen LogP contribution >= 0.6 is 0 Å². The van der Waals surface area contributed by atoms with Crippen molar-refractivity contribution in [3.63, 3.8) is 0 Å². The Bertz CT molecular complexity index is 103. The van der Waals surface area contributed by atoms with E-state index in [0.717, 1.165) is 0 Å². The molecule has 1 aliphatic rings. The Labute approximate surface area is 57.5 Å². The van der Waals surface area contributed by atoms with E-state index in [1.807, 2.05) is 0 Å². The number of ether oxygens (including phenoxy) is 1. The minimum absolute atomic E-state index is 0.153. The molecule has 1 rings (SSSR count). The molecule has 60 valence electrons. The number of aliphatic hydroxyl groups excluding tert-OH is 4. The molecule has 4 atom stereocenters. The fraction of sp³-hybridized carbons (Fsp3) is 1.00. The largest absolute Gasteiger partial charge is 0.388 e. The molecule has 0 unspecified atom stereocenters. The lowest BCUT2D eigenvalue weighted by Crippen LogP contribution is -2.52. The topological polar surface area (TPSA) is 90.2 Å². The van der Waals surface area contributed by atoms with Gasteiger partial charge in [0.1, 0.15) is 18.3 Å². The fourth-order valence-corrected chi connectivity index (χ4v) is 0.791. The monoisotopic (exact) mass is 150 g/mol. The molecule has 0 bridgehead atoms. The predicted octanol–water partition coefficient (Wildman–Crippen LogP) is -2.58. The van der Waals surface area contributed by atoms with Gasteiger partial charge in [-0.2, -0.15) is 0 Å². The van der Waals surface area contributed by atoms with E-state index in [-0.39, 0.29) is 6.61 Å². The number of rotatable bonds is 0.